The molecular weight excluding hydrogens is 256 g/mol. The van der Waals surface area contributed by atoms with Crippen LogP contribution in [0.25, 0.3) is 0 Å². The highest BCUT2D eigenvalue weighted by molar-refractivity contribution is 6.21. The Morgan fingerprint density at radius 1 is 1.25 bits per heavy atom. The minimum atomic E-state index is -0.221. The van der Waals surface area contributed by atoms with Gasteiger partial charge in [0, 0.05) is 25.9 Å². The first kappa shape index (κ1) is 13.1. The number of hydrogen-bond donors (Lipinski definition) is 1. The number of nitrogen functional groups attached to an aromatic ring is 1. The zero-order valence-corrected chi connectivity index (χ0v) is 11.5. The molecule has 5 heteroatoms. The van der Waals surface area contributed by atoms with Crippen molar-refractivity contribution in [1.82, 2.24) is 4.90 Å². The topological polar surface area (TPSA) is 72.6 Å². The molecule has 1 fully saturated rings. The maximum atomic E-state index is 12.4. The smallest absolute Gasteiger partial charge is 0.261 e. The van der Waals surface area contributed by atoms with E-state index in [1.165, 1.54) is 4.90 Å². The second kappa shape index (κ2) is 4.59. The van der Waals surface area contributed by atoms with Crippen molar-refractivity contribution < 1.29 is 14.3 Å². The molecule has 1 aromatic carbocycles. The Labute approximate surface area is 117 Å². The van der Waals surface area contributed by atoms with E-state index >= 15 is 0 Å². The SMILES string of the molecule is COCCC1(CN2C(=O)c3ccc(N)cc3C2=O)CC1. The first-order valence-electron chi connectivity index (χ1n) is 6.81. The summed E-state index contributed by atoms with van der Waals surface area (Å²) in [5.74, 6) is -0.422. The highest BCUT2D eigenvalue weighted by atomic mass is 16.5. The fraction of sp³-hybridized carbons (Fsp3) is 0.467. The molecule has 0 saturated heterocycles. The highest BCUT2D eigenvalue weighted by Gasteiger charge is 2.48. The molecular formula is C15H18N2O3. The third-order valence-electron chi connectivity index (χ3n) is 4.28. The average molecular weight is 274 g/mol. The van der Waals surface area contributed by atoms with Crippen LogP contribution in [0.1, 0.15) is 40.0 Å². The van der Waals surface area contributed by atoms with Crippen molar-refractivity contribution >= 4 is 17.5 Å². The molecule has 2 N–H and O–H groups in total. The Bertz CT molecular complexity index is 578. The molecule has 1 aliphatic carbocycles. The number of methoxy groups -OCH3 is 1. The van der Waals surface area contributed by atoms with Crippen molar-refractivity contribution in [2.75, 3.05) is 26.0 Å². The number of carbonyl (C=O) groups is 2. The van der Waals surface area contributed by atoms with Gasteiger partial charge in [0.15, 0.2) is 0 Å². The Hall–Kier alpha value is -1.88. The first-order chi connectivity index (χ1) is 9.56. The number of carbonyl (C=O) groups excluding carboxylic acids is 2. The predicted molar refractivity (Wildman–Crippen MR) is 74.4 cm³/mol. The summed E-state index contributed by atoms with van der Waals surface area (Å²) >= 11 is 0. The normalized spacial score (nSPS) is 19.4. The van der Waals surface area contributed by atoms with Crippen molar-refractivity contribution in [2.24, 2.45) is 5.41 Å². The van der Waals surface area contributed by atoms with E-state index in [1.54, 1.807) is 25.3 Å². The van der Waals surface area contributed by atoms with Gasteiger partial charge in [-0.25, -0.2) is 0 Å². The van der Waals surface area contributed by atoms with E-state index in [2.05, 4.69) is 0 Å². The molecule has 3 rings (SSSR count). The minimum Gasteiger partial charge on any atom is -0.399 e. The Morgan fingerprint density at radius 2 is 1.95 bits per heavy atom. The van der Waals surface area contributed by atoms with Gasteiger partial charge in [0.25, 0.3) is 11.8 Å². The van der Waals surface area contributed by atoms with Gasteiger partial charge in [0.05, 0.1) is 11.1 Å². The summed E-state index contributed by atoms with van der Waals surface area (Å²) in [6.45, 7) is 1.15. The summed E-state index contributed by atoms with van der Waals surface area (Å²) in [7, 11) is 1.67. The number of amides is 2. The molecule has 20 heavy (non-hydrogen) atoms. The molecule has 5 nitrogen and oxygen atoms in total. The zero-order chi connectivity index (χ0) is 14.3. The van der Waals surface area contributed by atoms with Crippen molar-refractivity contribution in [3.8, 4) is 0 Å². The Kier molecular flexibility index (Phi) is 3.01. The maximum absolute atomic E-state index is 12.4. The number of benzene rings is 1. The second-order valence-corrected chi connectivity index (χ2v) is 5.74. The lowest BCUT2D eigenvalue weighted by molar-refractivity contribution is 0.0602. The number of nitrogens with two attached hydrogens (primary N) is 1. The van der Waals surface area contributed by atoms with E-state index in [-0.39, 0.29) is 17.2 Å². The molecule has 1 heterocycles. The molecule has 0 radical (unpaired) electrons. The molecule has 0 spiro atoms. The molecule has 2 aliphatic rings. The third-order valence-corrected chi connectivity index (χ3v) is 4.28. The number of imide groups is 1. The van der Waals surface area contributed by atoms with Crippen LogP contribution in [0.15, 0.2) is 18.2 Å². The van der Waals surface area contributed by atoms with E-state index in [4.69, 9.17) is 10.5 Å². The number of fused-ring (bicyclic) bond motifs is 1. The fourth-order valence-electron chi connectivity index (χ4n) is 2.77. The molecule has 1 aromatic rings. The van der Waals surface area contributed by atoms with Crippen molar-refractivity contribution in [2.45, 2.75) is 19.3 Å². The van der Waals surface area contributed by atoms with Gasteiger partial charge in [-0.1, -0.05) is 0 Å². The van der Waals surface area contributed by atoms with Gasteiger partial charge in [-0.05, 0) is 42.9 Å². The summed E-state index contributed by atoms with van der Waals surface area (Å²) in [5, 5.41) is 0. The van der Waals surface area contributed by atoms with E-state index in [9.17, 15) is 9.59 Å². The van der Waals surface area contributed by atoms with Gasteiger partial charge in [-0.15, -0.1) is 0 Å². The number of anilines is 1. The second-order valence-electron chi connectivity index (χ2n) is 5.74. The lowest BCUT2D eigenvalue weighted by Crippen LogP contribution is -2.35. The summed E-state index contributed by atoms with van der Waals surface area (Å²) in [5.41, 5.74) is 7.15. The van der Waals surface area contributed by atoms with Crippen molar-refractivity contribution in [1.29, 1.82) is 0 Å². The van der Waals surface area contributed by atoms with E-state index in [0.717, 1.165) is 19.3 Å². The van der Waals surface area contributed by atoms with E-state index in [1.807, 2.05) is 0 Å². The molecule has 0 aromatic heterocycles. The molecule has 1 saturated carbocycles. The summed E-state index contributed by atoms with van der Waals surface area (Å²) in [6.07, 6.45) is 2.98. The monoisotopic (exact) mass is 274 g/mol. The van der Waals surface area contributed by atoms with Crippen LogP contribution in [-0.2, 0) is 4.74 Å². The molecule has 106 valence electrons. The van der Waals surface area contributed by atoms with Gasteiger partial charge < -0.3 is 10.5 Å². The quantitative estimate of drug-likeness (QED) is 0.655. The molecule has 2 amide bonds. The highest BCUT2D eigenvalue weighted by Crippen LogP contribution is 2.50. The van der Waals surface area contributed by atoms with Gasteiger partial charge in [0.2, 0.25) is 0 Å². The number of nitrogens with zero attached hydrogens (tertiary/aromatic N) is 1. The molecule has 0 unspecified atom stereocenters. The van der Waals surface area contributed by atoms with Gasteiger partial charge in [0.1, 0.15) is 0 Å². The number of hydrogen-bond acceptors (Lipinski definition) is 4. The zero-order valence-electron chi connectivity index (χ0n) is 11.5. The summed E-state index contributed by atoms with van der Waals surface area (Å²) < 4.78 is 5.11. The minimum absolute atomic E-state index is 0.0644. The van der Waals surface area contributed by atoms with Crippen molar-refractivity contribution in [3.63, 3.8) is 0 Å². The molecule has 1 aliphatic heterocycles. The van der Waals surface area contributed by atoms with E-state index in [0.29, 0.717) is 30.0 Å². The molecule has 0 bridgehead atoms. The van der Waals surface area contributed by atoms with Crippen LogP contribution >= 0.6 is 0 Å². The van der Waals surface area contributed by atoms with Crippen LogP contribution in [0.4, 0.5) is 5.69 Å². The predicted octanol–water partition coefficient (Wildman–Crippen LogP) is 1.68. The van der Waals surface area contributed by atoms with Crippen molar-refractivity contribution in [3.05, 3.63) is 29.3 Å². The largest absolute Gasteiger partial charge is 0.399 e. The van der Waals surface area contributed by atoms with E-state index < -0.39 is 0 Å². The van der Waals surface area contributed by atoms with Crippen LogP contribution in [0.5, 0.6) is 0 Å². The van der Waals surface area contributed by atoms with Crippen LogP contribution < -0.4 is 5.73 Å². The van der Waals surface area contributed by atoms with Crippen LogP contribution in [0, 0.1) is 5.41 Å². The van der Waals surface area contributed by atoms with Crippen LogP contribution in [0.2, 0.25) is 0 Å². The summed E-state index contributed by atoms with van der Waals surface area (Å²) in [4.78, 5) is 26.1. The van der Waals surface area contributed by atoms with Gasteiger partial charge >= 0.3 is 0 Å². The Balaban J connectivity index is 1.80. The lowest BCUT2D eigenvalue weighted by Gasteiger charge is -2.21. The summed E-state index contributed by atoms with van der Waals surface area (Å²) in [6, 6.07) is 4.88. The first-order valence-corrected chi connectivity index (χ1v) is 6.81. The van der Waals surface area contributed by atoms with Gasteiger partial charge in [-0.2, -0.15) is 0 Å². The van der Waals surface area contributed by atoms with Crippen LogP contribution in [-0.4, -0.2) is 37.0 Å². The lowest BCUT2D eigenvalue weighted by atomic mass is 10.0. The number of ether oxygens (including phenoxy) is 1. The third kappa shape index (κ3) is 2.08. The molecule has 0 atom stereocenters. The maximum Gasteiger partial charge on any atom is 0.261 e. The van der Waals surface area contributed by atoms with Crippen LogP contribution in [0.3, 0.4) is 0 Å². The standard InChI is InChI=1S/C15H18N2O3/c1-20-7-6-15(4-5-15)9-17-13(18)11-3-2-10(16)8-12(11)14(17)19/h2-3,8H,4-7,9,16H2,1H3. The van der Waals surface area contributed by atoms with Gasteiger partial charge in [-0.3, -0.25) is 14.5 Å². The fourth-order valence-corrected chi connectivity index (χ4v) is 2.77. The number of rotatable bonds is 5. The average Bonchev–Trinajstić information content (AvgIpc) is 3.17. The Morgan fingerprint density at radius 3 is 2.60 bits per heavy atom.